The van der Waals surface area contributed by atoms with Gasteiger partial charge in [0.2, 0.25) is 5.89 Å². The van der Waals surface area contributed by atoms with E-state index in [0.717, 1.165) is 16.2 Å². The molecule has 26 heavy (non-hydrogen) atoms. The molecule has 3 rings (SSSR count). The van der Waals surface area contributed by atoms with Gasteiger partial charge >= 0.3 is 6.03 Å². The number of oxazole rings is 1. The molecule has 2 amide bonds. The first-order chi connectivity index (χ1) is 12.6. The zero-order valence-corrected chi connectivity index (χ0v) is 15.7. The fourth-order valence-corrected chi connectivity index (χ4v) is 3.24. The number of amides is 2. The number of carbonyl (C=O) groups is 1. The number of benzene rings is 1. The number of rotatable bonds is 6. The Balaban J connectivity index is 1.61. The van der Waals surface area contributed by atoms with E-state index < -0.39 is 0 Å². The summed E-state index contributed by atoms with van der Waals surface area (Å²) in [4.78, 5) is 19.5. The molecule has 6 nitrogen and oxygen atoms in total. The Kier molecular flexibility index (Phi) is 5.58. The third-order valence-electron chi connectivity index (χ3n) is 4.19. The molecule has 0 aliphatic carbocycles. The molecule has 7 heteroatoms. The van der Waals surface area contributed by atoms with Crippen molar-refractivity contribution < 1.29 is 13.9 Å². The fourth-order valence-electron chi connectivity index (χ4n) is 2.59. The monoisotopic (exact) mass is 371 g/mol. The first-order valence-electron chi connectivity index (χ1n) is 8.22. The van der Waals surface area contributed by atoms with E-state index in [1.807, 2.05) is 48.7 Å². The summed E-state index contributed by atoms with van der Waals surface area (Å²) in [6, 6.07) is 11.2. The molecular formula is C19H21N3O3S. The maximum atomic E-state index is 12.5. The highest BCUT2D eigenvalue weighted by Gasteiger charge is 2.20. The van der Waals surface area contributed by atoms with Crippen LogP contribution >= 0.6 is 11.3 Å². The van der Waals surface area contributed by atoms with Crippen LogP contribution in [0.2, 0.25) is 0 Å². The van der Waals surface area contributed by atoms with Gasteiger partial charge < -0.3 is 19.4 Å². The topological polar surface area (TPSA) is 67.6 Å². The first kappa shape index (κ1) is 18.0. The Bertz CT molecular complexity index is 861. The molecule has 0 aliphatic rings. The SMILES string of the molecule is COc1ccccc1C(C)N(C)C(=O)NCc1coc(-c2cccs2)n1. The highest BCUT2D eigenvalue weighted by atomic mass is 32.1. The lowest BCUT2D eigenvalue weighted by Gasteiger charge is -2.26. The van der Waals surface area contributed by atoms with Crippen LogP contribution in [0.25, 0.3) is 10.8 Å². The summed E-state index contributed by atoms with van der Waals surface area (Å²) in [5.41, 5.74) is 1.63. The van der Waals surface area contributed by atoms with E-state index in [0.29, 0.717) is 18.1 Å². The number of methoxy groups -OCH3 is 1. The average molecular weight is 371 g/mol. The molecule has 0 fully saturated rings. The van der Waals surface area contributed by atoms with Gasteiger partial charge in [0.05, 0.1) is 30.3 Å². The molecule has 1 N–H and O–H groups in total. The molecule has 2 aromatic heterocycles. The van der Waals surface area contributed by atoms with Crippen LogP contribution in [-0.4, -0.2) is 30.1 Å². The maximum Gasteiger partial charge on any atom is 0.317 e. The number of ether oxygens (including phenoxy) is 1. The van der Waals surface area contributed by atoms with E-state index in [1.54, 1.807) is 36.7 Å². The molecule has 1 aromatic carbocycles. The molecule has 1 unspecified atom stereocenters. The number of thiophene rings is 1. The largest absolute Gasteiger partial charge is 0.496 e. The van der Waals surface area contributed by atoms with Crippen molar-refractivity contribution in [1.29, 1.82) is 0 Å². The molecule has 2 heterocycles. The molecule has 0 bridgehead atoms. The Labute approximate surface area is 156 Å². The van der Waals surface area contributed by atoms with Crippen LogP contribution in [0.1, 0.15) is 24.2 Å². The van der Waals surface area contributed by atoms with Gasteiger partial charge in [0.1, 0.15) is 12.0 Å². The number of hydrogen-bond acceptors (Lipinski definition) is 5. The number of urea groups is 1. The van der Waals surface area contributed by atoms with Gasteiger partial charge in [-0.15, -0.1) is 11.3 Å². The summed E-state index contributed by atoms with van der Waals surface area (Å²) < 4.78 is 10.9. The third-order valence-corrected chi connectivity index (χ3v) is 5.05. The van der Waals surface area contributed by atoms with Crippen LogP contribution < -0.4 is 10.1 Å². The zero-order chi connectivity index (χ0) is 18.5. The van der Waals surface area contributed by atoms with Gasteiger partial charge in [-0.05, 0) is 24.4 Å². The highest BCUT2D eigenvalue weighted by molar-refractivity contribution is 7.13. The summed E-state index contributed by atoms with van der Waals surface area (Å²) in [5.74, 6) is 1.33. The number of nitrogens with zero attached hydrogens (tertiary/aromatic N) is 2. The number of carbonyl (C=O) groups excluding carboxylic acids is 1. The second kappa shape index (κ2) is 8.05. The Morgan fingerprint density at radius 2 is 2.15 bits per heavy atom. The minimum Gasteiger partial charge on any atom is -0.496 e. The fraction of sp³-hybridized carbons (Fsp3) is 0.263. The predicted molar refractivity (Wildman–Crippen MR) is 101 cm³/mol. The second-order valence-corrected chi connectivity index (χ2v) is 6.76. The Hall–Kier alpha value is -2.80. The van der Waals surface area contributed by atoms with E-state index >= 15 is 0 Å². The van der Waals surface area contributed by atoms with Crippen molar-refractivity contribution >= 4 is 17.4 Å². The smallest absolute Gasteiger partial charge is 0.317 e. The van der Waals surface area contributed by atoms with Gasteiger partial charge in [0, 0.05) is 12.6 Å². The molecule has 0 saturated carbocycles. The van der Waals surface area contributed by atoms with E-state index in [4.69, 9.17) is 9.15 Å². The highest BCUT2D eigenvalue weighted by Crippen LogP contribution is 2.28. The van der Waals surface area contributed by atoms with Crippen molar-refractivity contribution in [2.24, 2.45) is 0 Å². The molecule has 0 radical (unpaired) electrons. The zero-order valence-electron chi connectivity index (χ0n) is 14.9. The van der Waals surface area contributed by atoms with E-state index in [1.165, 1.54) is 0 Å². The van der Waals surface area contributed by atoms with Gasteiger partial charge in [0.25, 0.3) is 0 Å². The van der Waals surface area contributed by atoms with Crippen LogP contribution in [-0.2, 0) is 6.54 Å². The molecule has 0 spiro atoms. The predicted octanol–water partition coefficient (Wildman–Crippen LogP) is 4.31. The molecule has 0 saturated heterocycles. The lowest BCUT2D eigenvalue weighted by Crippen LogP contribution is -2.38. The van der Waals surface area contributed by atoms with Gasteiger partial charge in [-0.1, -0.05) is 24.3 Å². The van der Waals surface area contributed by atoms with Crippen molar-refractivity contribution in [1.82, 2.24) is 15.2 Å². The van der Waals surface area contributed by atoms with Gasteiger partial charge in [-0.25, -0.2) is 9.78 Å². The Morgan fingerprint density at radius 3 is 2.88 bits per heavy atom. The lowest BCUT2D eigenvalue weighted by molar-refractivity contribution is 0.193. The van der Waals surface area contributed by atoms with E-state index in [-0.39, 0.29) is 12.1 Å². The number of hydrogen-bond donors (Lipinski definition) is 1. The normalized spacial score (nSPS) is 11.8. The number of para-hydroxylation sites is 1. The lowest BCUT2D eigenvalue weighted by atomic mass is 10.1. The molecule has 136 valence electrons. The van der Waals surface area contributed by atoms with Crippen LogP contribution in [0.15, 0.2) is 52.5 Å². The molecular weight excluding hydrogens is 350 g/mol. The Morgan fingerprint density at radius 1 is 1.35 bits per heavy atom. The van der Waals surface area contributed by atoms with Crippen molar-refractivity contribution in [2.75, 3.05) is 14.2 Å². The van der Waals surface area contributed by atoms with Gasteiger partial charge in [0.15, 0.2) is 0 Å². The van der Waals surface area contributed by atoms with Crippen LogP contribution in [0.3, 0.4) is 0 Å². The van der Waals surface area contributed by atoms with Crippen LogP contribution in [0.4, 0.5) is 4.79 Å². The van der Waals surface area contributed by atoms with Crippen molar-refractivity contribution in [2.45, 2.75) is 19.5 Å². The average Bonchev–Trinajstić information content (AvgIpc) is 3.36. The van der Waals surface area contributed by atoms with E-state index in [9.17, 15) is 4.79 Å². The molecule has 0 aliphatic heterocycles. The quantitative estimate of drug-likeness (QED) is 0.701. The maximum absolute atomic E-state index is 12.5. The summed E-state index contributed by atoms with van der Waals surface area (Å²) in [6.07, 6.45) is 1.57. The molecule has 3 aromatic rings. The summed E-state index contributed by atoms with van der Waals surface area (Å²) in [5, 5.41) is 4.84. The third kappa shape index (κ3) is 3.88. The van der Waals surface area contributed by atoms with Crippen molar-refractivity contribution in [3.05, 3.63) is 59.3 Å². The summed E-state index contributed by atoms with van der Waals surface area (Å²) in [6.45, 7) is 2.26. The minimum absolute atomic E-state index is 0.134. The minimum atomic E-state index is -0.191. The van der Waals surface area contributed by atoms with Crippen LogP contribution in [0, 0.1) is 0 Å². The standard InChI is InChI=1S/C19H21N3O3S/c1-13(15-7-4-5-8-16(15)24-3)22(2)19(23)20-11-14-12-25-18(21-14)17-9-6-10-26-17/h4-10,12-13H,11H2,1-3H3,(H,20,23). The second-order valence-electron chi connectivity index (χ2n) is 5.81. The van der Waals surface area contributed by atoms with Gasteiger partial charge in [-0.3, -0.25) is 0 Å². The number of aromatic nitrogens is 1. The van der Waals surface area contributed by atoms with Gasteiger partial charge in [-0.2, -0.15) is 0 Å². The first-order valence-corrected chi connectivity index (χ1v) is 9.10. The van der Waals surface area contributed by atoms with Crippen molar-refractivity contribution in [3.8, 4) is 16.5 Å². The van der Waals surface area contributed by atoms with Crippen LogP contribution in [0.5, 0.6) is 5.75 Å². The summed E-state index contributed by atoms with van der Waals surface area (Å²) in [7, 11) is 3.38. The van der Waals surface area contributed by atoms with E-state index in [2.05, 4.69) is 10.3 Å². The summed E-state index contributed by atoms with van der Waals surface area (Å²) >= 11 is 1.56. The number of nitrogens with one attached hydrogen (secondary N) is 1. The molecule has 1 atom stereocenters. The van der Waals surface area contributed by atoms with Crippen molar-refractivity contribution in [3.63, 3.8) is 0 Å².